The summed E-state index contributed by atoms with van der Waals surface area (Å²) in [6, 6.07) is 4.15. The number of rotatable bonds is 1. The largest absolute Gasteiger partial charge is 0.369 e. The number of aromatic nitrogens is 4. The van der Waals surface area contributed by atoms with E-state index in [1.54, 1.807) is 0 Å². The summed E-state index contributed by atoms with van der Waals surface area (Å²) in [6.45, 7) is 0. The third-order valence-electron chi connectivity index (χ3n) is 2.57. The monoisotopic (exact) mass is 279 g/mol. The molecule has 0 bridgehead atoms. The number of nitrogens with zero attached hydrogens (tertiary/aromatic N) is 2. The van der Waals surface area contributed by atoms with Gasteiger partial charge in [0.05, 0.1) is 5.56 Å². The van der Waals surface area contributed by atoms with E-state index in [2.05, 4.69) is 19.9 Å². The van der Waals surface area contributed by atoms with Crippen LogP contribution in [0.2, 0.25) is 5.02 Å². The van der Waals surface area contributed by atoms with E-state index < -0.39 is 11.4 Å². The van der Waals surface area contributed by atoms with Gasteiger partial charge in [0, 0.05) is 5.02 Å². The standard InChI is InChI=1S/C11H7ClFN5O/c12-4-1-2-5(6(13)3-4)8-15-7-9(16-8)17-11(14)18-10(7)19/h1-3H,(H4,14,15,16,17,18,19). The van der Waals surface area contributed by atoms with Crippen LogP contribution in [-0.2, 0) is 0 Å². The highest BCUT2D eigenvalue weighted by molar-refractivity contribution is 6.30. The van der Waals surface area contributed by atoms with E-state index in [9.17, 15) is 9.18 Å². The van der Waals surface area contributed by atoms with E-state index >= 15 is 0 Å². The molecule has 19 heavy (non-hydrogen) atoms. The number of nitrogens with two attached hydrogens (primary N) is 1. The maximum atomic E-state index is 13.8. The fraction of sp³-hybridized carbons (Fsp3) is 0. The van der Waals surface area contributed by atoms with Crippen molar-refractivity contribution >= 4 is 28.7 Å². The van der Waals surface area contributed by atoms with Gasteiger partial charge in [-0.25, -0.2) is 9.37 Å². The molecule has 0 aliphatic rings. The molecule has 8 heteroatoms. The molecule has 0 unspecified atom stereocenters. The lowest BCUT2D eigenvalue weighted by Crippen LogP contribution is -2.10. The predicted molar refractivity (Wildman–Crippen MR) is 69.3 cm³/mol. The highest BCUT2D eigenvalue weighted by atomic mass is 35.5. The lowest BCUT2D eigenvalue weighted by Gasteiger charge is -1.98. The number of halogens is 2. The van der Waals surface area contributed by atoms with Crippen LogP contribution >= 0.6 is 11.6 Å². The van der Waals surface area contributed by atoms with Gasteiger partial charge in [-0.1, -0.05) is 11.6 Å². The van der Waals surface area contributed by atoms with Crippen molar-refractivity contribution in [3.8, 4) is 11.4 Å². The lowest BCUT2D eigenvalue weighted by molar-refractivity contribution is 0.630. The Hall–Kier alpha value is -2.41. The van der Waals surface area contributed by atoms with E-state index in [0.29, 0.717) is 0 Å². The van der Waals surface area contributed by atoms with Gasteiger partial charge in [-0.2, -0.15) is 4.98 Å². The van der Waals surface area contributed by atoms with E-state index in [0.717, 1.165) is 6.07 Å². The van der Waals surface area contributed by atoms with Gasteiger partial charge in [0.15, 0.2) is 11.2 Å². The molecular weight excluding hydrogens is 273 g/mol. The Bertz CT molecular complexity index is 841. The van der Waals surface area contributed by atoms with Crippen LogP contribution in [0.5, 0.6) is 0 Å². The Morgan fingerprint density at radius 2 is 2.05 bits per heavy atom. The third kappa shape index (κ3) is 1.93. The highest BCUT2D eigenvalue weighted by Gasteiger charge is 2.13. The molecule has 2 aromatic heterocycles. The van der Waals surface area contributed by atoms with Crippen molar-refractivity contribution in [1.29, 1.82) is 0 Å². The highest BCUT2D eigenvalue weighted by Crippen LogP contribution is 2.24. The second-order valence-electron chi connectivity index (χ2n) is 3.86. The molecule has 0 aliphatic heterocycles. The SMILES string of the molecule is Nc1nc2nc(-c3ccc(Cl)cc3F)[nH]c2c(=O)[nH]1. The summed E-state index contributed by atoms with van der Waals surface area (Å²) in [6.07, 6.45) is 0. The molecule has 0 radical (unpaired) electrons. The topological polar surface area (TPSA) is 100 Å². The van der Waals surface area contributed by atoms with E-state index in [4.69, 9.17) is 17.3 Å². The maximum absolute atomic E-state index is 13.8. The van der Waals surface area contributed by atoms with Crippen molar-refractivity contribution in [2.24, 2.45) is 0 Å². The van der Waals surface area contributed by atoms with Crippen LogP contribution in [-0.4, -0.2) is 19.9 Å². The Morgan fingerprint density at radius 1 is 1.26 bits per heavy atom. The first kappa shape index (κ1) is 11.7. The average Bonchev–Trinajstić information content (AvgIpc) is 2.72. The fourth-order valence-corrected chi connectivity index (χ4v) is 1.89. The number of benzene rings is 1. The zero-order valence-electron chi connectivity index (χ0n) is 9.37. The summed E-state index contributed by atoms with van der Waals surface area (Å²) in [4.78, 5) is 24.6. The van der Waals surface area contributed by atoms with E-state index in [-0.39, 0.29) is 33.5 Å². The van der Waals surface area contributed by atoms with Gasteiger partial charge in [-0.3, -0.25) is 9.78 Å². The third-order valence-corrected chi connectivity index (χ3v) is 2.80. The summed E-state index contributed by atoms with van der Waals surface area (Å²) >= 11 is 5.67. The van der Waals surface area contributed by atoms with Gasteiger partial charge in [0.25, 0.3) is 5.56 Å². The van der Waals surface area contributed by atoms with Gasteiger partial charge in [0.2, 0.25) is 5.95 Å². The van der Waals surface area contributed by atoms with Crippen LogP contribution in [0.4, 0.5) is 10.3 Å². The number of nitrogens with one attached hydrogen (secondary N) is 2. The second-order valence-corrected chi connectivity index (χ2v) is 4.30. The predicted octanol–water partition coefficient (Wildman–Crippen LogP) is 1.69. The van der Waals surface area contributed by atoms with Crippen LogP contribution in [0.3, 0.4) is 0 Å². The molecular formula is C11H7ClFN5O. The molecule has 0 saturated heterocycles. The van der Waals surface area contributed by atoms with Crippen molar-refractivity contribution in [2.75, 3.05) is 5.73 Å². The quantitative estimate of drug-likeness (QED) is 0.631. The van der Waals surface area contributed by atoms with Gasteiger partial charge >= 0.3 is 0 Å². The van der Waals surface area contributed by atoms with Crippen LogP contribution in [0.25, 0.3) is 22.6 Å². The lowest BCUT2D eigenvalue weighted by atomic mass is 10.2. The molecule has 3 rings (SSSR count). The van der Waals surface area contributed by atoms with Crippen LogP contribution in [0, 0.1) is 5.82 Å². The fourth-order valence-electron chi connectivity index (χ4n) is 1.73. The van der Waals surface area contributed by atoms with E-state index in [1.807, 2.05) is 0 Å². The van der Waals surface area contributed by atoms with Crippen molar-refractivity contribution < 1.29 is 4.39 Å². The number of imidazole rings is 1. The number of H-pyrrole nitrogens is 2. The number of fused-ring (bicyclic) bond motifs is 1. The first-order chi connectivity index (χ1) is 9.04. The Kier molecular flexibility index (Phi) is 2.49. The van der Waals surface area contributed by atoms with Crippen LogP contribution in [0.15, 0.2) is 23.0 Å². The van der Waals surface area contributed by atoms with Crippen LogP contribution < -0.4 is 11.3 Å². The molecule has 0 saturated carbocycles. The second kappa shape index (κ2) is 4.06. The minimum atomic E-state index is -0.545. The van der Waals surface area contributed by atoms with E-state index in [1.165, 1.54) is 12.1 Å². The molecule has 2 heterocycles. The summed E-state index contributed by atoms with van der Waals surface area (Å²) in [7, 11) is 0. The molecule has 0 atom stereocenters. The van der Waals surface area contributed by atoms with Gasteiger partial charge in [0.1, 0.15) is 11.6 Å². The van der Waals surface area contributed by atoms with Gasteiger partial charge in [-0.15, -0.1) is 0 Å². The Labute approximate surface area is 110 Å². The number of hydrogen-bond donors (Lipinski definition) is 3. The first-order valence-electron chi connectivity index (χ1n) is 5.25. The van der Waals surface area contributed by atoms with Crippen molar-refractivity contribution in [2.45, 2.75) is 0 Å². The molecule has 1 aromatic carbocycles. The molecule has 3 aromatic rings. The molecule has 96 valence electrons. The molecule has 6 nitrogen and oxygen atoms in total. The number of hydrogen-bond acceptors (Lipinski definition) is 4. The van der Waals surface area contributed by atoms with Crippen molar-refractivity contribution in [3.63, 3.8) is 0 Å². The number of anilines is 1. The molecule has 4 N–H and O–H groups in total. The minimum Gasteiger partial charge on any atom is -0.369 e. The summed E-state index contributed by atoms with van der Waals surface area (Å²) in [5.74, 6) is -0.407. The number of nitrogen functional groups attached to an aromatic ring is 1. The van der Waals surface area contributed by atoms with Crippen molar-refractivity contribution in [1.82, 2.24) is 19.9 Å². The molecule has 0 amide bonds. The Morgan fingerprint density at radius 3 is 2.79 bits per heavy atom. The maximum Gasteiger partial charge on any atom is 0.278 e. The summed E-state index contributed by atoms with van der Waals surface area (Å²) in [5.41, 5.74) is 5.41. The number of aromatic amines is 2. The molecule has 0 spiro atoms. The first-order valence-corrected chi connectivity index (χ1v) is 5.63. The van der Waals surface area contributed by atoms with Crippen LogP contribution in [0.1, 0.15) is 0 Å². The zero-order chi connectivity index (χ0) is 13.6. The smallest absolute Gasteiger partial charge is 0.278 e. The molecule has 0 aliphatic carbocycles. The minimum absolute atomic E-state index is 0.0490. The van der Waals surface area contributed by atoms with Gasteiger partial charge < -0.3 is 10.7 Å². The summed E-state index contributed by atoms with van der Waals surface area (Å²) in [5, 5.41) is 0.276. The average molecular weight is 280 g/mol. The Balaban J connectivity index is 2.26. The summed E-state index contributed by atoms with van der Waals surface area (Å²) < 4.78 is 13.8. The van der Waals surface area contributed by atoms with Crippen molar-refractivity contribution in [3.05, 3.63) is 39.4 Å². The molecule has 0 fully saturated rings. The van der Waals surface area contributed by atoms with Gasteiger partial charge in [-0.05, 0) is 18.2 Å². The zero-order valence-corrected chi connectivity index (χ0v) is 10.1. The normalized spacial score (nSPS) is 11.1.